The minimum Gasteiger partial charge on any atom is -0.463 e. The van der Waals surface area contributed by atoms with Gasteiger partial charge in [-0.3, -0.25) is 4.90 Å². The van der Waals surface area contributed by atoms with E-state index in [9.17, 15) is 4.79 Å². The Hall–Kier alpha value is -0.830. The predicted molar refractivity (Wildman–Crippen MR) is 53.9 cm³/mol. The molecule has 1 unspecified atom stereocenters. The first-order chi connectivity index (χ1) is 6.81. The largest absolute Gasteiger partial charge is 0.463 e. The molecule has 0 aromatic rings. The van der Waals surface area contributed by atoms with Crippen molar-refractivity contribution in [3.05, 3.63) is 11.6 Å². The van der Waals surface area contributed by atoms with Crippen molar-refractivity contribution >= 4 is 5.97 Å². The zero-order valence-electron chi connectivity index (χ0n) is 8.66. The minimum absolute atomic E-state index is 0.112. The molecule has 0 aliphatic carbocycles. The van der Waals surface area contributed by atoms with Gasteiger partial charge < -0.3 is 4.74 Å². The van der Waals surface area contributed by atoms with Crippen molar-refractivity contribution in [3.63, 3.8) is 0 Å². The van der Waals surface area contributed by atoms with Crippen LogP contribution in [0.25, 0.3) is 0 Å². The summed E-state index contributed by atoms with van der Waals surface area (Å²) in [5.74, 6) is -0.112. The molecule has 0 bridgehead atoms. The summed E-state index contributed by atoms with van der Waals surface area (Å²) in [6.45, 7) is 4.54. The van der Waals surface area contributed by atoms with Crippen molar-refractivity contribution in [2.45, 2.75) is 32.2 Å². The molecule has 3 heteroatoms. The summed E-state index contributed by atoms with van der Waals surface area (Å²) in [6.07, 6.45) is 5.42. The van der Waals surface area contributed by atoms with Crippen LogP contribution in [0.3, 0.4) is 0 Å². The Labute approximate surface area is 84.7 Å². The van der Waals surface area contributed by atoms with Crippen molar-refractivity contribution in [1.82, 2.24) is 4.90 Å². The summed E-state index contributed by atoms with van der Waals surface area (Å²) < 4.78 is 5.00. The first-order valence-electron chi connectivity index (χ1n) is 5.43. The highest BCUT2D eigenvalue weighted by Crippen LogP contribution is 2.25. The summed E-state index contributed by atoms with van der Waals surface area (Å²) in [5, 5.41) is 0. The van der Waals surface area contributed by atoms with E-state index in [1.807, 2.05) is 6.92 Å². The number of fused-ring (bicyclic) bond motifs is 1. The lowest BCUT2D eigenvalue weighted by Gasteiger charge is -2.27. The number of esters is 1. The summed E-state index contributed by atoms with van der Waals surface area (Å²) >= 11 is 0. The van der Waals surface area contributed by atoms with Crippen LogP contribution in [0.1, 0.15) is 26.2 Å². The molecule has 1 fully saturated rings. The third-order valence-corrected chi connectivity index (χ3v) is 3.01. The van der Waals surface area contributed by atoms with E-state index < -0.39 is 0 Å². The van der Waals surface area contributed by atoms with E-state index >= 15 is 0 Å². The van der Waals surface area contributed by atoms with Gasteiger partial charge in [0.25, 0.3) is 0 Å². The monoisotopic (exact) mass is 195 g/mol. The Balaban J connectivity index is 2.03. The minimum atomic E-state index is -0.112. The molecule has 0 N–H and O–H groups in total. The van der Waals surface area contributed by atoms with Crippen LogP contribution in [0.4, 0.5) is 0 Å². The zero-order valence-corrected chi connectivity index (χ0v) is 8.66. The molecule has 3 nitrogen and oxygen atoms in total. The SMILES string of the molecule is CCOC(=O)C1=CC2CCCN2CC1. The molecule has 2 aliphatic rings. The maximum Gasteiger partial charge on any atom is 0.333 e. The van der Waals surface area contributed by atoms with Gasteiger partial charge >= 0.3 is 5.97 Å². The summed E-state index contributed by atoms with van der Waals surface area (Å²) in [7, 11) is 0. The zero-order chi connectivity index (χ0) is 9.97. The van der Waals surface area contributed by atoms with Gasteiger partial charge in [0.05, 0.1) is 6.61 Å². The molecule has 2 heterocycles. The molecule has 0 aromatic heterocycles. The molecule has 0 radical (unpaired) electrons. The molecular formula is C11H17NO2. The van der Waals surface area contributed by atoms with E-state index in [2.05, 4.69) is 11.0 Å². The second-order valence-electron chi connectivity index (χ2n) is 3.91. The number of nitrogens with zero attached hydrogens (tertiary/aromatic N) is 1. The van der Waals surface area contributed by atoms with Gasteiger partial charge in [0.1, 0.15) is 0 Å². The molecular weight excluding hydrogens is 178 g/mol. The Morgan fingerprint density at radius 1 is 1.64 bits per heavy atom. The van der Waals surface area contributed by atoms with Gasteiger partial charge in [-0.25, -0.2) is 4.79 Å². The van der Waals surface area contributed by atoms with Crippen LogP contribution >= 0.6 is 0 Å². The summed E-state index contributed by atoms with van der Waals surface area (Å²) in [4.78, 5) is 13.9. The van der Waals surface area contributed by atoms with Crippen LogP contribution in [0, 0.1) is 0 Å². The highest BCUT2D eigenvalue weighted by atomic mass is 16.5. The normalized spacial score (nSPS) is 26.9. The van der Waals surface area contributed by atoms with Crippen LogP contribution < -0.4 is 0 Å². The molecule has 0 aromatic carbocycles. The molecule has 2 aliphatic heterocycles. The van der Waals surface area contributed by atoms with E-state index in [4.69, 9.17) is 4.74 Å². The number of rotatable bonds is 2. The summed E-state index contributed by atoms with van der Waals surface area (Å²) in [5.41, 5.74) is 0.884. The van der Waals surface area contributed by atoms with Crippen LogP contribution in [0.15, 0.2) is 11.6 Å². The Morgan fingerprint density at radius 2 is 2.50 bits per heavy atom. The average molecular weight is 195 g/mol. The van der Waals surface area contributed by atoms with E-state index in [-0.39, 0.29) is 5.97 Å². The first-order valence-corrected chi connectivity index (χ1v) is 5.43. The third kappa shape index (κ3) is 1.82. The fraction of sp³-hybridized carbons (Fsp3) is 0.727. The Bertz CT molecular complexity index is 260. The lowest BCUT2D eigenvalue weighted by atomic mass is 10.0. The van der Waals surface area contributed by atoms with Gasteiger partial charge in [0, 0.05) is 18.2 Å². The molecule has 14 heavy (non-hydrogen) atoms. The Morgan fingerprint density at radius 3 is 3.29 bits per heavy atom. The predicted octanol–water partition coefficient (Wildman–Crippen LogP) is 1.34. The van der Waals surface area contributed by atoms with Gasteiger partial charge in [-0.1, -0.05) is 6.08 Å². The van der Waals surface area contributed by atoms with E-state index in [1.54, 1.807) is 0 Å². The fourth-order valence-corrected chi connectivity index (χ4v) is 2.29. The number of hydrogen-bond acceptors (Lipinski definition) is 3. The highest BCUT2D eigenvalue weighted by molar-refractivity contribution is 5.88. The van der Waals surface area contributed by atoms with Gasteiger partial charge in [-0.15, -0.1) is 0 Å². The molecule has 1 saturated heterocycles. The topological polar surface area (TPSA) is 29.5 Å². The van der Waals surface area contributed by atoms with Crippen molar-refractivity contribution in [3.8, 4) is 0 Å². The molecule has 0 spiro atoms. The van der Waals surface area contributed by atoms with Crippen LogP contribution in [-0.2, 0) is 9.53 Å². The van der Waals surface area contributed by atoms with Crippen molar-refractivity contribution in [2.24, 2.45) is 0 Å². The third-order valence-electron chi connectivity index (χ3n) is 3.01. The number of carbonyl (C=O) groups excluding carboxylic acids is 1. The van der Waals surface area contributed by atoms with Gasteiger partial charge in [-0.2, -0.15) is 0 Å². The second-order valence-corrected chi connectivity index (χ2v) is 3.91. The van der Waals surface area contributed by atoms with E-state index in [0.717, 1.165) is 18.5 Å². The maximum atomic E-state index is 11.5. The van der Waals surface area contributed by atoms with Gasteiger partial charge in [0.2, 0.25) is 0 Å². The van der Waals surface area contributed by atoms with E-state index in [1.165, 1.54) is 19.4 Å². The smallest absolute Gasteiger partial charge is 0.333 e. The van der Waals surface area contributed by atoms with Crippen molar-refractivity contribution < 1.29 is 9.53 Å². The number of hydrogen-bond donors (Lipinski definition) is 0. The second kappa shape index (κ2) is 4.13. The molecule has 1 atom stereocenters. The molecule has 78 valence electrons. The van der Waals surface area contributed by atoms with Gasteiger partial charge in [0.15, 0.2) is 0 Å². The fourth-order valence-electron chi connectivity index (χ4n) is 2.29. The highest BCUT2D eigenvalue weighted by Gasteiger charge is 2.28. The molecule has 0 saturated carbocycles. The van der Waals surface area contributed by atoms with Crippen LogP contribution in [0.2, 0.25) is 0 Å². The summed E-state index contributed by atoms with van der Waals surface area (Å²) in [6, 6.07) is 0.503. The lowest BCUT2D eigenvalue weighted by Crippen LogP contribution is -2.34. The standard InChI is InChI=1S/C11H17NO2/c1-2-14-11(13)9-5-7-12-6-3-4-10(12)8-9/h8,10H,2-7H2,1H3. The van der Waals surface area contributed by atoms with Crippen LogP contribution in [-0.4, -0.2) is 36.6 Å². The van der Waals surface area contributed by atoms with Crippen molar-refractivity contribution in [1.29, 1.82) is 0 Å². The molecule has 2 rings (SSSR count). The maximum absolute atomic E-state index is 11.5. The molecule has 0 amide bonds. The quantitative estimate of drug-likeness (QED) is 0.623. The number of ether oxygens (including phenoxy) is 1. The lowest BCUT2D eigenvalue weighted by molar-refractivity contribution is -0.138. The number of carbonyl (C=O) groups is 1. The van der Waals surface area contributed by atoms with Crippen molar-refractivity contribution in [2.75, 3.05) is 19.7 Å². The van der Waals surface area contributed by atoms with E-state index in [0.29, 0.717) is 12.6 Å². The van der Waals surface area contributed by atoms with Crippen LogP contribution in [0.5, 0.6) is 0 Å². The average Bonchev–Trinajstić information content (AvgIpc) is 2.64. The Kier molecular flexibility index (Phi) is 2.87. The van der Waals surface area contributed by atoms with Gasteiger partial charge in [-0.05, 0) is 32.7 Å². The first kappa shape index (κ1) is 9.71.